The van der Waals surface area contributed by atoms with Gasteiger partial charge in [-0.15, -0.1) is 11.3 Å². The molecule has 0 aliphatic carbocycles. The molecule has 1 amide bonds. The number of amides is 1. The summed E-state index contributed by atoms with van der Waals surface area (Å²) in [7, 11) is 0. The molecule has 0 aliphatic rings. The van der Waals surface area contributed by atoms with E-state index >= 15 is 0 Å². The maximum absolute atomic E-state index is 11.0. The van der Waals surface area contributed by atoms with E-state index in [0.717, 1.165) is 22.5 Å². The van der Waals surface area contributed by atoms with Gasteiger partial charge < -0.3 is 5.32 Å². The molecule has 0 saturated heterocycles. The molecule has 0 unspecified atom stereocenters. The van der Waals surface area contributed by atoms with Crippen LogP contribution in [0.2, 0.25) is 5.02 Å². The van der Waals surface area contributed by atoms with Gasteiger partial charge in [0.05, 0.1) is 11.9 Å². The number of nitrogens with one attached hydrogen (secondary N) is 2. The van der Waals surface area contributed by atoms with Crippen LogP contribution in [0, 0.1) is 0 Å². The molecule has 0 saturated carbocycles. The number of rotatable bonds is 5. The summed E-state index contributed by atoms with van der Waals surface area (Å²) < 4.78 is 0. The first-order chi connectivity index (χ1) is 12.1. The topological polar surface area (TPSA) is 66.4 Å². The third-order valence-electron chi connectivity index (χ3n) is 3.23. The maximum atomic E-state index is 11.0. The standard InChI is InChI=1S/C18H15ClN4OS/c1-12(24)21-16-7-5-14(6-8-16)17-11-25-18(22-17)23-20-10-13-3-2-4-15(19)9-13/h2-11H,1H3,(H,21,24)(H,22,23)/b20-10-. The number of anilines is 2. The Bertz CT molecular complexity index is 905. The van der Waals surface area contributed by atoms with Gasteiger partial charge in [0.1, 0.15) is 0 Å². The molecule has 0 spiro atoms. The lowest BCUT2D eigenvalue weighted by Gasteiger charge is -2.02. The van der Waals surface area contributed by atoms with Crippen LogP contribution in [-0.2, 0) is 4.79 Å². The molecule has 25 heavy (non-hydrogen) atoms. The summed E-state index contributed by atoms with van der Waals surface area (Å²) in [4.78, 5) is 15.5. The quantitative estimate of drug-likeness (QED) is 0.497. The van der Waals surface area contributed by atoms with E-state index in [1.54, 1.807) is 6.21 Å². The highest BCUT2D eigenvalue weighted by Gasteiger charge is 2.04. The first-order valence-electron chi connectivity index (χ1n) is 7.48. The number of hydrazone groups is 1. The molecule has 0 atom stereocenters. The average Bonchev–Trinajstić information content (AvgIpc) is 3.04. The van der Waals surface area contributed by atoms with Crippen molar-refractivity contribution in [1.29, 1.82) is 0 Å². The molecule has 7 heteroatoms. The summed E-state index contributed by atoms with van der Waals surface area (Å²) in [6.45, 7) is 1.48. The van der Waals surface area contributed by atoms with E-state index in [0.29, 0.717) is 10.2 Å². The number of thiazole rings is 1. The first-order valence-corrected chi connectivity index (χ1v) is 8.74. The molecule has 0 bridgehead atoms. The second-order valence-corrected chi connectivity index (χ2v) is 6.52. The normalized spacial score (nSPS) is 10.8. The fraction of sp³-hybridized carbons (Fsp3) is 0.0556. The van der Waals surface area contributed by atoms with Crippen LogP contribution in [0.4, 0.5) is 10.8 Å². The van der Waals surface area contributed by atoms with Gasteiger partial charge in [-0.25, -0.2) is 4.98 Å². The second-order valence-electron chi connectivity index (χ2n) is 5.22. The zero-order chi connectivity index (χ0) is 17.6. The van der Waals surface area contributed by atoms with Gasteiger partial charge in [-0.1, -0.05) is 35.9 Å². The summed E-state index contributed by atoms with van der Waals surface area (Å²) in [5, 5.41) is 10.2. The van der Waals surface area contributed by atoms with Crippen LogP contribution >= 0.6 is 22.9 Å². The van der Waals surface area contributed by atoms with Crippen LogP contribution in [0.15, 0.2) is 59.0 Å². The molecule has 1 aromatic heterocycles. The van der Waals surface area contributed by atoms with E-state index in [1.165, 1.54) is 18.3 Å². The van der Waals surface area contributed by atoms with E-state index < -0.39 is 0 Å². The molecular formula is C18H15ClN4OS. The number of aromatic nitrogens is 1. The fourth-order valence-corrected chi connectivity index (χ4v) is 3.00. The van der Waals surface area contributed by atoms with Crippen molar-refractivity contribution >= 4 is 45.9 Å². The minimum Gasteiger partial charge on any atom is -0.326 e. The zero-order valence-corrected chi connectivity index (χ0v) is 14.9. The second kappa shape index (κ2) is 7.92. The molecule has 3 aromatic rings. The van der Waals surface area contributed by atoms with Crippen molar-refractivity contribution in [3.63, 3.8) is 0 Å². The molecule has 0 aliphatic heterocycles. The number of nitrogens with zero attached hydrogens (tertiary/aromatic N) is 2. The van der Waals surface area contributed by atoms with Crippen molar-refractivity contribution in [2.24, 2.45) is 5.10 Å². The van der Waals surface area contributed by atoms with E-state index in [1.807, 2.05) is 53.9 Å². The minimum absolute atomic E-state index is 0.0922. The van der Waals surface area contributed by atoms with Crippen molar-refractivity contribution in [3.8, 4) is 11.3 Å². The molecule has 126 valence electrons. The number of benzene rings is 2. The lowest BCUT2D eigenvalue weighted by molar-refractivity contribution is -0.114. The highest BCUT2D eigenvalue weighted by molar-refractivity contribution is 7.14. The highest BCUT2D eigenvalue weighted by atomic mass is 35.5. The van der Waals surface area contributed by atoms with Crippen LogP contribution in [0.3, 0.4) is 0 Å². The third-order valence-corrected chi connectivity index (χ3v) is 4.21. The lowest BCUT2D eigenvalue weighted by atomic mass is 10.1. The van der Waals surface area contributed by atoms with E-state index in [-0.39, 0.29) is 5.91 Å². The van der Waals surface area contributed by atoms with Crippen LogP contribution in [0.25, 0.3) is 11.3 Å². The van der Waals surface area contributed by atoms with Crippen molar-refractivity contribution in [1.82, 2.24) is 4.98 Å². The summed E-state index contributed by atoms with van der Waals surface area (Å²) in [6, 6.07) is 15.0. The average molecular weight is 371 g/mol. The van der Waals surface area contributed by atoms with Gasteiger partial charge in [-0.3, -0.25) is 10.2 Å². The lowest BCUT2D eigenvalue weighted by Crippen LogP contribution is -2.05. The Morgan fingerprint density at radius 1 is 1.24 bits per heavy atom. The Labute approximate surface area is 154 Å². The number of carbonyl (C=O) groups excluding carboxylic acids is 1. The third kappa shape index (κ3) is 4.89. The minimum atomic E-state index is -0.0922. The van der Waals surface area contributed by atoms with Crippen LogP contribution < -0.4 is 10.7 Å². The van der Waals surface area contributed by atoms with Crippen LogP contribution in [-0.4, -0.2) is 17.1 Å². The monoisotopic (exact) mass is 370 g/mol. The van der Waals surface area contributed by atoms with Gasteiger partial charge >= 0.3 is 0 Å². The zero-order valence-electron chi connectivity index (χ0n) is 13.4. The maximum Gasteiger partial charge on any atom is 0.221 e. The Balaban J connectivity index is 1.65. The Morgan fingerprint density at radius 2 is 2.04 bits per heavy atom. The van der Waals surface area contributed by atoms with Gasteiger partial charge in [0, 0.05) is 28.6 Å². The number of hydrogen-bond acceptors (Lipinski definition) is 5. The number of carbonyl (C=O) groups is 1. The highest BCUT2D eigenvalue weighted by Crippen LogP contribution is 2.26. The van der Waals surface area contributed by atoms with Gasteiger partial charge in [0.15, 0.2) is 0 Å². The van der Waals surface area contributed by atoms with Crippen LogP contribution in [0.1, 0.15) is 12.5 Å². The predicted octanol–water partition coefficient (Wildman–Crippen LogP) is 4.87. The van der Waals surface area contributed by atoms with Crippen molar-refractivity contribution in [2.75, 3.05) is 10.7 Å². The molecule has 5 nitrogen and oxygen atoms in total. The number of halogens is 1. The van der Waals surface area contributed by atoms with Crippen molar-refractivity contribution < 1.29 is 4.79 Å². The molecule has 1 heterocycles. The Morgan fingerprint density at radius 3 is 2.76 bits per heavy atom. The smallest absolute Gasteiger partial charge is 0.221 e. The van der Waals surface area contributed by atoms with Gasteiger partial charge in [0.2, 0.25) is 11.0 Å². The summed E-state index contributed by atoms with van der Waals surface area (Å²) in [5.41, 5.74) is 6.40. The summed E-state index contributed by atoms with van der Waals surface area (Å²) in [6.07, 6.45) is 1.69. The molecule has 2 aromatic carbocycles. The Hall–Kier alpha value is -2.70. The Kier molecular flexibility index (Phi) is 5.42. The van der Waals surface area contributed by atoms with Crippen molar-refractivity contribution in [2.45, 2.75) is 6.92 Å². The summed E-state index contributed by atoms with van der Waals surface area (Å²) in [5.74, 6) is -0.0922. The fourth-order valence-electron chi connectivity index (χ4n) is 2.13. The molecule has 0 fully saturated rings. The van der Waals surface area contributed by atoms with E-state index in [9.17, 15) is 4.79 Å². The SMILES string of the molecule is CC(=O)Nc1ccc(-c2csc(N/N=C\c3cccc(Cl)c3)n2)cc1. The molecule has 2 N–H and O–H groups in total. The van der Waals surface area contributed by atoms with Crippen molar-refractivity contribution in [3.05, 3.63) is 64.5 Å². The van der Waals surface area contributed by atoms with E-state index in [4.69, 9.17) is 11.6 Å². The number of hydrogen-bond donors (Lipinski definition) is 2. The van der Waals surface area contributed by atoms with Gasteiger partial charge in [0.25, 0.3) is 0 Å². The largest absolute Gasteiger partial charge is 0.326 e. The molecular weight excluding hydrogens is 356 g/mol. The van der Waals surface area contributed by atoms with Crippen LogP contribution in [0.5, 0.6) is 0 Å². The van der Waals surface area contributed by atoms with E-state index in [2.05, 4.69) is 20.8 Å². The molecule has 0 radical (unpaired) electrons. The van der Waals surface area contributed by atoms with Gasteiger partial charge in [-0.2, -0.15) is 5.10 Å². The van der Waals surface area contributed by atoms with Gasteiger partial charge in [-0.05, 0) is 29.8 Å². The predicted molar refractivity (Wildman–Crippen MR) is 105 cm³/mol. The molecule has 3 rings (SSSR count). The summed E-state index contributed by atoms with van der Waals surface area (Å²) >= 11 is 7.40. The first kappa shape index (κ1) is 17.1.